The topological polar surface area (TPSA) is 36.1 Å². The third-order valence-electron chi connectivity index (χ3n) is 4.48. The van der Waals surface area contributed by atoms with Crippen molar-refractivity contribution in [2.24, 2.45) is 0 Å². The van der Waals surface area contributed by atoms with Crippen molar-refractivity contribution < 1.29 is 4.79 Å². The fraction of sp³-hybridized carbons (Fsp3) is 0.0952. The van der Waals surface area contributed by atoms with Crippen LogP contribution in [0.4, 0.5) is 0 Å². The molecule has 0 radical (unpaired) electrons. The second kappa shape index (κ2) is 5.85. The van der Waals surface area contributed by atoms with E-state index < -0.39 is 0 Å². The standard InChI is InChI=1S/C21H18N2O/c1-15-14-23(21(24)16-7-3-2-4-8-16)12-11-17(15)19-13-22-20-10-6-5-9-18(19)20/h2-14,17,22H,1H3. The second-order valence-corrected chi connectivity index (χ2v) is 6.06. The number of carbonyl (C=O) groups is 1. The van der Waals surface area contributed by atoms with Crippen molar-refractivity contribution in [3.8, 4) is 0 Å². The predicted molar refractivity (Wildman–Crippen MR) is 96.5 cm³/mol. The minimum Gasteiger partial charge on any atom is -0.361 e. The maximum atomic E-state index is 12.6. The van der Waals surface area contributed by atoms with Gasteiger partial charge in [0.1, 0.15) is 0 Å². The van der Waals surface area contributed by atoms with Crippen molar-refractivity contribution >= 4 is 16.8 Å². The zero-order valence-electron chi connectivity index (χ0n) is 13.4. The molecule has 1 aromatic heterocycles. The summed E-state index contributed by atoms with van der Waals surface area (Å²) in [5.41, 5.74) is 4.21. The summed E-state index contributed by atoms with van der Waals surface area (Å²) < 4.78 is 0. The molecule has 3 aromatic rings. The summed E-state index contributed by atoms with van der Waals surface area (Å²) in [5.74, 6) is 0.171. The number of nitrogens with one attached hydrogen (secondary N) is 1. The molecule has 118 valence electrons. The van der Waals surface area contributed by atoms with E-state index in [0.29, 0.717) is 5.56 Å². The highest BCUT2D eigenvalue weighted by molar-refractivity contribution is 5.95. The van der Waals surface area contributed by atoms with Gasteiger partial charge in [-0.25, -0.2) is 0 Å². The molecule has 3 nitrogen and oxygen atoms in total. The van der Waals surface area contributed by atoms with Gasteiger partial charge >= 0.3 is 0 Å². The first kappa shape index (κ1) is 14.5. The minimum atomic E-state index is -0.0106. The van der Waals surface area contributed by atoms with Crippen molar-refractivity contribution in [2.75, 3.05) is 0 Å². The van der Waals surface area contributed by atoms with E-state index in [1.165, 1.54) is 10.9 Å². The summed E-state index contributed by atoms with van der Waals surface area (Å²) >= 11 is 0. The maximum Gasteiger partial charge on any atom is 0.261 e. The normalized spacial score (nSPS) is 17.1. The Hall–Kier alpha value is -3.07. The lowest BCUT2D eigenvalue weighted by Gasteiger charge is -2.24. The molecule has 1 atom stereocenters. The molecular weight excluding hydrogens is 296 g/mol. The Morgan fingerprint density at radius 1 is 1.04 bits per heavy atom. The molecule has 1 aliphatic heterocycles. The molecule has 0 saturated carbocycles. The van der Waals surface area contributed by atoms with Crippen LogP contribution in [0.2, 0.25) is 0 Å². The first-order valence-corrected chi connectivity index (χ1v) is 8.04. The van der Waals surface area contributed by atoms with Gasteiger partial charge in [0.2, 0.25) is 0 Å². The van der Waals surface area contributed by atoms with Crippen molar-refractivity contribution in [1.29, 1.82) is 0 Å². The Bertz CT molecular complexity index is 950. The first-order chi connectivity index (χ1) is 11.7. The molecule has 0 fully saturated rings. The van der Waals surface area contributed by atoms with Gasteiger partial charge in [-0.05, 0) is 36.3 Å². The Balaban J connectivity index is 1.64. The van der Waals surface area contributed by atoms with E-state index in [9.17, 15) is 4.79 Å². The van der Waals surface area contributed by atoms with E-state index >= 15 is 0 Å². The molecular formula is C21H18N2O. The van der Waals surface area contributed by atoms with Crippen LogP contribution in [0.25, 0.3) is 10.9 Å². The van der Waals surface area contributed by atoms with Crippen LogP contribution in [0.3, 0.4) is 0 Å². The number of para-hydroxylation sites is 1. The average molecular weight is 314 g/mol. The van der Waals surface area contributed by atoms with Crippen LogP contribution in [-0.4, -0.2) is 15.8 Å². The van der Waals surface area contributed by atoms with Crippen molar-refractivity contribution in [2.45, 2.75) is 12.8 Å². The van der Waals surface area contributed by atoms with Gasteiger partial charge in [-0.1, -0.05) is 42.5 Å². The smallest absolute Gasteiger partial charge is 0.261 e. The molecule has 0 aliphatic carbocycles. The molecule has 0 saturated heterocycles. The fourth-order valence-corrected chi connectivity index (χ4v) is 3.23. The van der Waals surface area contributed by atoms with Gasteiger partial charge < -0.3 is 4.98 Å². The fourth-order valence-electron chi connectivity index (χ4n) is 3.23. The number of benzene rings is 2. The molecule has 3 heteroatoms. The molecule has 1 N–H and O–H groups in total. The first-order valence-electron chi connectivity index (χ1n) is 8.04. The minimum absolute atomic E-state index is 0.0106. The highest BCUT2D eigenvalue weighted by Crippen LogP contribution is 2.34. The summed E-state index contributed by atoms with van der Waals surface area (Å²) in [5, 5.41) is 1.22. The Labute approximate surface area is 140 Å². The molecule has 1 aliphatic rings. The number of nitrogens with zero attached hydrogens (tertiary/aromatic N) is 1. The number of carbonyl (C=O) groups excluding carboxylic acids is 1. The summed E-state index contributed by atoms with van der Waals surface area (Å²) in [6, 6.07) is 17.6. The summed E-state index contributed by atoms with van der Waals surface area (Å²) in [6.07, 6.45) is 7.95. The van der Waals surface area contributed by atoms with E-state index in [1.807, 2.05) is 48.8 Å². The third-order valence-corrected chi connectivity index (χ3v) is 4.48. The number of H-pyrrole nitrogens is 1. The Morgan fingerprint density at radius 3 is 2.58 bits per heavy atom. The molecule has 2 heterocycles. The van der Waals surface area contributed by atoms with Crippen LogP contribution in [0, 0.1) is 0 Å². The number of amides is 1. The zero-order valence-corrected chi connectivity index (χ0v) is 13.4. The number of allylic oxidation sites excluding steroid dienone is 2. The van der Waals surface area contributed by atoms with Crippen molar-refractivity contribution in [3.63, 3.8) is 0 Å². The molecule has 4 rings (SSSR count). The van der Waals surface area contributed by atoms with Crippen LogP contribution >= 0.6 is 0 Å². The maximum absolute atomic E-state index is 12.6. The van der Waals surface area contributed by atoms with Gasteiger partial charge in [-0.15, -0.1) is 0 Å². The number of hydrogen-bond acceptors (Lipinski definition) is 1. The molecule has 24 heavy (non-hydrogen) atoms. The summed E-state index contributed by atoms with van der Waals surface area (Å²) in [4.78, 5) is 17.6. The quantitative estimate of drug-likeness (QED) is 0.723. The monoisotopic (exact) mass is 314 g/mol. The Morgan fingerprint density at radius 2 is 1.79 bits per heavy atom. The highest BCUT2D eigenvalue weighted by Gasteiger charge is 2.21. The van der Waals surface area contributed by atoms with E-state index in [4.69, 9.17) is 0 Å². The molecule has 0 spiro atoms. The lowest BCUT2D eigenvalue weighted by atomic mass is 9.90. The number of hydrogen-bond donors (Lipinski definition) is 1. The van der Waals surface area contributed by atoms with E-state index in [-0.39, 0.29) is 11.8 Å². The largest absolute Gasteiger partial charge is 0.361 e. The Kier molecular flexibility index (Phi) is 3.54. The third kappa shape index (κ3) is 2.44. The van der Waals surface area contributed by atoms with E-state index in [1.54, 1.807) is 4.90 Å². The van der Waals surface area contributed by atoms with Crippen molar-refractivity contribution in [1.82, 2.24) is 9.88 Å². The molecule has 1 amide bonds. The van der Waals surface area contributed by atoms with Gasteiger partial charge in [0, 0.05) is 41.0 Å². The number of aromatic amines is 1. The van der Waals surface area contributed by atoms with Crippen LogP contribution in [0.15, 0.2) is 84.8 Å². The van der Waals surface area contributed by atoms with Crippen LogP contribution in [0.5, 0.6) is 0 Å². The summed E-state index contributed by atoms with van der Waals surface area (Å²) in [6.45, 7) is 2.07. The average Bonchev–Trinajstić information content (AvgIpc) is 3.06. The highest BCUT2D eigenvalue weighted by atomic mass is 16.2. The van der Waals surface area contributed by atoms with Crippen LogP contribution in [0.1, 0.15) is 28.8 Å². The van der Waals surface area contributed by atoms with E-state index in [2.05, 4.69) is 42.4 Å². The lowest BCUT2D eigenvalue weighted by molar-refractivity contribution is 0.0866. The number of fused-ring (bicyclic) bond motifs is 1. The number of rotatable bonds is 2. The molecule has 1 unspecified atom stereocenters. The van der Waals surface area contributed by atoms with Gasteiger partial charge in [-0.3, -0.25) is 9.69 Å². The predicted octanol–water partition coefficient (Wildman–Crippen LogP) is 4.83. The van der Waals surface area contributed by atoms with Gasteiger partial charge in [0.15, 0.2) is 0 Å². The van der Waals surface area contributed by atoms with Gasteiger partial charge in [-0.2, -0.15) is 0 Å². The van der Waals surface area contributed by atoms with Crippen LogP contribution in [-0.2, 0) is 0 Å². The molecule has 0 bridgehead atoms. The van der Waals surface area contributed by atoms with Crippen molar-refractivity contribution in [3.05, 3.63) is 96.0 Å². The van der Waals surface area contributed by atoms with Gasteiger partial charge in [0.05, 0.1) is 0 Å². The van der Waals surface area contributed by atoms with Crippen LogP contribution < -0.4 is 0 Å². The zero-order chi connectivity index (χ0) is 16.5. The second-order valence-electron chi connectivity index (χ2n) is 6.06. The lowest BCUT2D eigenvalue weighted by Crippen LogP contribution is -2.23. The molecule has 2 aromatic carbocycles. The summed E-state index contributed by atoms with van der Waals surface area (Å²) in [7, 11) is 0. The SMILES string of the molecule is CC1=CN(C(=O)c2ccccc2)C=CC1c1c[nH]c2ccccc12. The number of aromatic nitrogens is 1. The van der Waals surface area contributed by atoms with Gasteiger partial charge in [0.25, 0.3) is 5.91 Å². The van der Waals surface area contributed by atoms with E-state index in [0.717, 1.165) is 11.1 Å².